The maximum Gasteiger partial charge on any atom is 0.101 e. The second kappa shape index (κ2) is 4.72. The van der Waals surface area contributed by atoms with Crippen LogP contribution in [0.5, 0.6) is 0 Å². The van der Waals surface area contributed by atoms with E-state index >= 15 is 0 Å². The summed E-state index contributed by atoms with van der Waals surface area (Å²) < 4.78 is 1.07. The van der Waals surface area contributed by atoms with Gasteiger partial charge < -0.3 is 4.90 Å². The van der Waals surface area contributed by atoms with Crippen molar-refractivity contribution in [1.82, 2.24) is 9.88 Å². The fraction of sp³-hybridized carbons (Fsp3) is 0.615. The van der Waals surface area contributed by atoms with Gasteiger partial charge in [-0.1, -0.05) is 6.42 Å². The lowest BCUT2D eigenvalue weighted by Gasteiger charge is -2.49. The molecule has 0 radical (unpaired) electrons. The summed E-state index contributed by atoms with van der Waals surface area (Å²) in [6, 6.07) is 5.78. The lowest BCUT2D eigenvalue weighted by molar-refractivity contribution is 0.0950. The first-order chi connectivity index (χ1) is 8.24. The molecule has 2 aliphatic heterocycles. The highest BCUT2D eigenvalue weighted by molar-refractivity contribution is 14.1. The van der Waals surface area contributed by atoms with Gasteiger partial charge in [-0.2, -0.15) is 0 Å². The molecule has 2 unspecified atom stereocenters. The van der Waals surface area contributed by atoms with Crippen molar-refractivity contribution in [3.8, 4) is 0 Å². The van der Waals surface area contributed by atoms with E-state index in [0.29, 0.717) is 0 Å². The Hall–Kier alpha value is -0.360. The Morgan fingerprint density at radius 2 is 1.94 bits per heavy atom. The zero-order valence-electron chi connectivity index (χ0n) is 10.1. The summed E-state index contributed by atoms with van der Waals surface area (Å²) in [4.78, 5) is 9.49. The average molecular weight is 343 g/mol. The van der Waals surface area contributed by atoms with Gasteiger partial charge in [-0.15, -0.1) is 0 Å². The third kappa shape index (κ3) is 2.29. The van der Waals surface area contributed by atoms with Crippen molar-refractivity contribution < 1.29 is 0 Å². The molecular formula is C13H18IN3. The van der Waals surface area contributed by atoms with Crippen LogP contribution in [0.4, 0.5) is 5.69 Å². The Labute approximate surface area is 116 Å². The lowest BCUT2D eigenvalue weighted by atomic mass is 9.92. The molecule has 2 saturated heterocycles. The molecule has 3 rings (SSSR count). The predicted molar refractivity (Wildman–Crippen MR) is 78.4 cm³/mol. The number of piperidine rings is 1. The first-order valence-electron chi connectivity index (χ1n) is 6.32. The molecule has 2 atom stereocenters. The molecule has 0 N–H and O–H groups in total. The van der Waals surface area contributed by atoms with Crippen LogP contribution in [0.2, 0.25) is 0 Å². The van der Waals surface area contributed by atoms with E-state index in [9.17, 15) is 0 Å². The highest BCUT2D eigenvalue weighted by atomic mass is 127. The van der Waals surface area contributed by atoms with Crippen LogP contribution in [0, 0.1) is 3.70 Å². The smallest absolute Gasteiger partial charge is 0.101 e. The van der Waals surface area contributed by atoms with E-state index < -0.39 is 0 Å². The molecule has 0 amide bonds. The molecule has 0 aromatic carbocycles. The molecule has 2 aliphatic rings. The van der Waals surface area contributed by atoms with Gasteiger partial charge in [-0.05, 0) is 54.6 Å². The molecule has 3 heterocycles. The minimum absolute atomic E-state index is 0.738. The van der Waals surface area contributed by atoms with E-state index in [0.717, 1.165) is 28.9 Å². The molecule has 1 aromatic rings. The maximum atomic E-state index is 4.40. The molecule has 0 aliphatic carbocycles. The third-order valence-corrected chi connectivity index (χ3v) is 4.80. The zero-order valence-corrected chi connectivity index (χ0v) is 12.3. The fourth-order valence-corrected chi connectivity index (χ4v) is 3.40. The highest BCUT2D eigenvalue weighted by Gasteiger charge is 2.34. The SMILES string of the molecule is CN1C2CCCC1CN(c1ccc(I)nc1)C2. The van der Waals surface area contributed by atoms with Crippen LogP contribution in [0.3, 0.4) is 0 Å². The van der Waals surface area contributed by atoms with E-state index in [2.05, 4.69) is 56.6 Å². The molecular weight excluding hydrogens is 325 g/mol. The number of piperazine rings is 1. The first kappa shape index (κ1) is 11.7. The van der Waals surface area contributed by atoms with Gasteiger partial charge in [-0.25, -0.2) is 4.98 Å². The van der Waals surface area contributed by atoms with Gasteiger partial charge in [-0.3, -0.25) is 4.90 Å². The number of likely N-dealkylation sites (N-methyl/N-ethyl adjacent to an activating group) is 1. The summed E-state index contributed by atoms with van der Waals surface area (Å²) >= 11 is 2.26. The molecule has 92 valence electrons. The predicted octanol–water partition coefficient (Wildman–Crippen LogP) is 2.36. The van der Waals surface area contributed by atoms with Crippen molar-refractivity contribution in [3.63, 3.8) is 0 Å². The van der Waals surface area contributed by atoms with Gasteiger partial charge >= 0.3 is 0 Å². The minimum atomic E-state index is 0.738. The lowest BCUT2D eigenvalue weighted by Crippen LogP contribution is -2.59. The Kier molecular flexibility index (Phi) is 3.25. The number of pyridine rings is 1. The van der Waals surface area contributed by atoms with Crippen LogP contribution >= 0.6 is 22.6 Å². The summed E-state index contributed by atoms with van der Waals surface area (Å²) in [5.74, 6) is 0. The summed E-state index contributed by atoms with van der Waals surface area (Å²) in [5, 5.41) is 0. The number of aromatic nitrogens is 1. The van der Waals surface area contributed by atoms with Crippen molar-refractivity contribution in [2.75, 3.05) is 25.0 Å². The molecule has 1 aromatic heterocycles. The van der Waals surface area contributed by atoms with Gasteiger partial charge in [0.25, 0.3) is 0 Å². The van der Waals surface area contributed by atoms with Crippen molar-refractivity contribution in [1.29, 1.82) is 0 Å². The van der Waals surface area contributed by atoms with Crippen LogP contribution < -0.4 is 4.90 Å². The second-order valence-electron chi connectivity index (χ2n) is 5.15. The van der Waals surface area contributed by atoms with Crippen LogP contribution in [0.25, 0.3) is 0 Å². The normalized spacial score (nSPS) is 29.4. The molecule has 4 heteroatoms. The van der Waals surface area contributed by atoms with E-state index in [4.69, 9.17) is 0 Å². The van der Waals surface area contributed by atoms with Crippen LogP contribution in [-0.2, 0) is 0 Å². The third-order valence-electron chi connectivity index (χ3n) is 4.17. The number of fused-ring (bicyclic) bond motifs is 2. The largest absolute Gasteiger partial charge is 0.367 e. The Bertz CT molecular complexity index is 378. The summed E-state index contributed by atoms with van der Waals surface area (Å²) in [6.45, 7) is 2.32. The van der Waals surface area contributed by atoms with Gasteiger partial charge in [0.05, 0.1) is 11.9 Å². The van der Waals surface area contributed by atoms with Crippen molar-refractivity contribution in [3.05, 3.63) is 22.0 Å². The number of nitrogens with zero attached hydrogens (tertiary/aromatic N) is 3. The zero-order chi connectivity index (χ0) is 11.8. The molecule has 3 nitrogen and oxygen atoms in total. The van der Waals surface area contributed by atoms with Gasteiger partial charge in [0.1, 0.15) is 3.70 Å². The minimum Gasteiger partial charge on any atom is -0.367 e. The molecule has 2 fully saturated rings. The van der Waals surface area contributed by atoms with E-state index in [1.165, 1.54) is 24.9 Å². The number of halogens is 1. The second-order valence-corrected chi connectivity index (χ2v) is 6.25. The van der Waals surface area contributed by atoms with Crippen molar-refractivity contribution >= 4 is 28.3 Å². The topological polar surface area (TPSA) is 19.4 Å². The van der Waals surface area contributed by atoms with E-state index in [1.807, 2.05) is 6.20 Å². The van der Waals surface area contributed by atoms with Gasteiger partial charge in [0.15, 0.2) is 0 Å². The monoisotopic (exact) mass is 343 g/mol. The van der Waals surface area contributed by atoms with Crippen LogP contribution in [0.15, 0.2) is 18.3 Å². The van der Waals surface area contributed by atoms with Gasteiger partial charge in [0.2, 0.25) is 0 Å². The number of rotatable bonds is 1. The molecule has 0 spiro atoms. The average Bonchev–Trinajstić information content (AvgIpc) is 2.30. The first-order valence-corrected chi connectivity index (χ1v) is 7.40. The molecule has 0 saturated carbocycles. The van der Waals surface area contributed by atoms with E-state index in [1.54, 1.807) is 0 Å². The Balaban J connectivity index is 1.79. The Morgan fingerprint density at radius 3 is 2.53 bits per heavy atom. The number of hydrogen-bond acceptors (Lipinski definition) is 3. The summed E-state index contributed by atoms with van der Waals surface area (Å²) in [7, 11) is 2.29. The van der Waals surface area contributed by atoms with Crippen molar-refractivity contribution in [2.24, 2.45) is 0 Å². The van der Waals surface area contributed by atoms with Crippen molar-refractivity contribution in [2.45, 2.75) is 31.3 Å². The van der Waals surface area contributed by atoms with Crippen LogP contribution in [0.1, 0.15) is 19.3 Å². The van der Waals surface area contributed by atoms with Crippen LogP contribution in [-0.4, -0.2) is 42.1 Å². The number of hydrogen-bond donors (Lipinski definition) is 0. The Morgan fingerprint density at radius 1 is 1.24 bits per heavy atom. The summed E-state index contributed by atoms with van der Waals surface area (Å²) in [6.07, 6.45) is 6.11. The summed E-state index contributed by atoms with van der Waals surface area (Å²) in [5.41, 5.74) is 1.29. The maximum absolute atomic E-state index is 4.40. The standard InChI is InChI=1S/C13H18IN3/c1-16-11-3-2-4-12(16)9-17(8-11)10-5-6-13(14)15-7-10/h5-7,11-12H,2-4,8-9H2,1H3. The molecule has 17 heavy (non-hydrogen) atoms. The quantitative estimate of drug-likeness (QED) is 0.577. The van der Waals surface area contributed by atoms with Gasteiger partial charge in [0, 0.05) is 25.2 Å². The molecule has 2 bridgehead atoms. The fourth-order valence-electron chi connectivity index (χ4n) is 3.08. The highest BCUT2D eigenvalue weighted by Crippen LogP contribution is 2.29. The number of anilines is 1. The van der Waals surface area contributed by atoms with E-state index in [-0.39, 0.29) is 0 Å².